The van der Waals surface area contributed by atoms with Crippen LogP contribution < -0.4 is 5.73 Å². The summed E-state index contributed by atoms with van der Waals surface area (Å²) in [4.78, 5) is 0. The van der Waals surface area contributed by atoms with E-state index < -0.39 is 0 Å². The number of hydrogen-bond donors (Lipinski definition) is 2. The van der Waals surface area contributed by atoms with E-state index in [-0.39, 0.29) is 12.1 Å². The average molecular weight is 243 g/mol. The summed E-state index contributed by atoms with van der Waals surface area (Å²) < 4.78 is 0. The van der Waals surface area contributed by atoms with E-state index in [1.54, 1.807) is 0 Å². The molecule has 0 amide bonds. The zero-order chi connectivity index (χ0) is 13.0. The minimum absolute atomic E-state index is 0.136. The molecule has 104 valence electrons. The Kier molecular flexibility index (Phi) is 11.0. The Morgan fingerprint density at radius 3 is 1.76 bits per heavy atom. The summed E-state index contributed by atoms with van der Waals surface area (Å²) in [6.45, 7) is 4.52. The van der Waals surface area contributed by atoms with Gasteiger partial charge >= 0.3 is 0 Å². The number of aliphatic hydroxyl groups is 1. The summed E-state index contributed by atoms with van der Waals surface area (Å²) in [5.74, 6) is 0. The highest BCUT2D eigenvalue weighted by atomic mass is 16.3. The van der Waals surface area contributed by atoms with E-state index in [0.29, 0.717) is 0 Å². The van der Waals surface area contributed by atoms with E-state index in [9.17, 15) is 5.11 Å². The molecule has 17 heavy (non-hydrogen) atoms. The van der Waals surface area contributed by atoms with Crippen LogP contribution in [0.4, 0.5) is 0 Å². The summed E-state index contributed by atoms with van der Waals surface area (Å²) in [6.07, 6.45) is 13.6. The van der Waals surface area contributed by atoms with Gasteiger partial charge in [-0.3, -0.25) is 0 Å². The molecule has 0 fully saturated rings. The first-order valence-electron chi connectivity index (χ1n) is 7.58. The first kappa shape index (κ1) is 16.9. The molecule has 0 aromatic heterocycles. The van der Waals surface area contributed by atoms with Crippen LogP contribution in [0.3, 0.4) is 0 Å². The van der Waals surface area contributed by atoms with Gasteiger partial charge in [-0.2, -0.15) is 0 Å². The molecule has 0 saturated heterocycles. The van der Waals surface area contributed by atoms with Crippen molar-refractivity contribution in [3.05, 3.63) is 0 Å². The fourth-order valence-corrected chi connectivity index (χ4v) is 2.39. The second kappa shape index (κ2) is 11.0. The lowest BCUT2D eigenvalue weighted by Crippen LogP contribution is -2.43. The Balaban J connectivity index is 3.37. The van der Waals surface area contributed by atoms with Crippen molar-refractivity contribution < 1.29 is 5.11 Å². The van der Waals surface area contributed by atoms with Gasteiger partial charge in [-0.05, 0) is 12.8 Å². The second-order valence-electron chi connectivity index (χ2n) is 5.50. The molecule has 0 aliphatic rings. The smallest absolute Gasteiger partial charge is 0.0611 e. The van der Waals surface area contributed by atoms with Crippen LogP contribution in [0.15, 0.2) is 0 Å². The Bertz CT molecular complexity index is 161. The van der Waals surface area contributed by atoms with Crippen molar-refractivity contribution in [2.75, 3.05) is 6.61 Å². The van der Waals surface area contributed by atoms with Gasteiger partial charge in [0.1, 0.15) is 0 Å². The third-order valence-electron chi connectivity index (χ3n) is 3.59. The second-order valence-corrected chi connectivity index (χ2v) is 5.50. The highest BCUT2D eigenvalue weighted by molar-refractivity contribution is 4.82. The topological polar surface area (TPSA) is 46.2 Å². The molecular weight excluding hydrogens is 210 g/mol. The molecule has 2 heteroatoms. The third kappa shape index (κ3) is 9.61. The molecule has 0 spiro atoms. The molecule has 0 rings (SSSR count). The maximum absolute atomic E-state index is 9.29. The van der Waals surface area contributed by atoms with Crippen LogP contribution in [-0.2, 0) is 0 Å². The van der Waals surface area contributed by atoms with Gasteiger partial charge in [-0.15, -0.1) is 0 Å². The Morgan fingerprint density at radius 2 is 1.29 bits per heavy atom. The van der Waals surface area contributed by atoms with Crippen LogP contribution in [0.25, 0.3) is 0 Å². The lowest BCUT2D eigenvalue weighted by atomic mass is 9.89. The Morgan fingerprint density at radius 1 is 0.765 bits per heavy atom. The van der Waals surface area contributed by atoms with Crippen LogP contribution in [0.2, 0.25) is 0 Å². The third-order valence-corrected chi connectivity index (χ3v) is 3.59. The van der Waals surface area contributed by atoms with Gasteiger partial charge in [-0.25, -0.2) is 0 Å². The maximum atomic E-state index is 9.29. The molecule has 0 aromatic rings. The summed E-state index contributed by atoms with van der Waals surface area (Å²) in [7, 11) is 0. The maximum Gasteiger partial charge on any atom is 0.0611 e. The number of nitrogens with two attached hydrogens (primary N) is 1. The summed E-state index contributed by atoms with van der Waals surface area (Å²) in [5, 5.41) is 9.29. The number of unbranched alkanes of at least 4 members (excludes halogenated alkanes) is 7. The monoisotopic (exact) mass is 243 g/mol. The van der Waals surface area contributed by atoms with E-state index in [2.05, 4.69) is 13.8 Å². The summed E-state index contributed by atoms with van der Waals surface area (Å²) in [5.41, 5.74) is 5.83. The van der Waals surface area contributed by atoms with Crippen molar-refractivity contribution in [2.45, 2.75) is 90.0 Å². The van der Waals surface area contributed by atoms with Gasteiger partial charge < -0.3 is 10.8 Å². The van der Waals surface area contributed by atoms with Crippen LogP contribution in [0.1, 0.15) is 84.5 Å². The zero-order valence-corrected chi connectivity index (χ0v) is 12.0. The minimum atomic E-state index is -0.309. The highest BCUT2D eigenvalue weighted by Crippen LogP contribution is 2.18. The first-order chi connectivity index (χ1) is 8.18. The normalized spacial score (nSPS) is 14.8. The van der Waals surface area contributed by atoms with E-state index in [0.717, 1.165) is 19.3 Å². The molecule has 0 aliphatic carbocycles. The molecule has 0 radical (unpaired) electrons. The lowest BCUT2D eigenvalue weighted by molar-refractivity contribution is 0.174. The van der Waals surface area contributed by atoms with Crippen molar-refractivity contribution in [2.24, 2.45) is 5.73 Å². The van der Waals surface area contributed by atoms with Crippen LogP contribution in [0, 0.1) is 0 Å². The van der Waals surface area contributed by atoms with Crippen molar-refractivity contribution in [1.82, 2.24) is 0 Å². The standard InChI is InChI=1S/C15H33NO/c1-3-5-6-7-8-9-10-11-13-15(16,14-17)12-4-2/h17H,3-14,16H2,1-2H3. The van der Waals surface area contributed by atoms with Crippen molar-refractivity contribution >= 4 is 0 Å². The van der Waals surface area contributed by atoms with Gasteiger partial charge in [0.2, 0.25) is 0 Å². The lowest BCUT2D eigenvalue weighted by Gasteiger charge is -2.26. The van der Waals surface area contributed by atoms with Crippen molar-refractivity contribution in [3.63, 3.8) is 0 Å². The molecule has 0 aliphatic heterocycles. The predicted molar refractivity (Wildman–Crippen MR) is 76.1 cm³/mol. The number of aliphatic hydroxyl groups excluding tert-OH is 1. The molecule has 0 heterocycles. The molecule has 2 nitrogen and oxygen atoms in total. The van der Waals surface area contributed by atoms with Crippen LogP contribution in [0.5, 0.6) is 0 Å². The molecule has 1 atom stereocenters. The van der Waals surface area contributed by atoms with Gasteiger partial charge in [0.05, 0.1) is 6.61 Å². The first-order valence-corrected chi connectivity index (χ1v) is 7.58. The Hall–Kier alpha value is -0.0800. The SMILES string of the molecule is CCCCCCCCCCC(N)(CO)CCC. The van der Waals surface area contributed by atoms with Crippen LogP contribution in [-0.4, -0.2) is 17.3 Å². The molecular formula is C15H33NO. The van der Waals surface area contributed by atoms with Gasteiger partial charge in [-0.1, -0.05) is 71.6 Å². The Labute approximate surface area is 108 Å². The van der Waals surface area contributed by atoms with E-state index in [1.165, 1.54) is 51.4 Å². The van der Waals surface area contributed by atoms with E-state index in [1.807, 2.05) is 0 Å². The molecule has 0 bridgehead atoms. The zero-order valence-electron chi connectivity index (χ0n) is 12.0. The predicted octanol–water partition coefficient (Wildman–Crippen LogP) is 4.01. The number of rotatable bonds is 12. The minimum Gasteiger partial charge on any atom is -0.394 e. The molecule has 1 unspecified atom stereocenters. The van der Waals surface area contributed by atoms with E-state index in [4.69, 9.17) is 5.73 Å². The summed E-state index contributed by atoms with van der Waals surface area (Å²) >= 11 is 0. The highest BCUT2D eigenvalue weighted by Gasteiger charge is 2.21. The average Bonchev–Trinajstić information content (AvgIpc) is 2.33. The summed E-state index contributed by atoms with van der Waals surface area (Å²) in [6, 6.07) is 0. The molecule has 0 aromatic carbocycles. The molecule has 0 saturated carbocycles. The van der Waals surface area contributed by atoms with Gasteiger partial charge in [0, 0.05) is 5.54 Å². The largest absolute Gasteiger partial charge is 0.394 e. The fourth-order valence-electron chi connectivity index (χ4n) is 2.39. The van der Waals surface area contributed by atoms with Crippen molar-refractivity contribution in [3.8, 4) is 0 Å². The quantitative estimate of drug-likeness (QED) is 0.509. The van der Waals surface area contributed by atoms with E-state index >= 15 is 0 Å². The van der Waals surface area contributed by atoms with Gasteiger partial charge in [0.15, 0.2) is 0 Å². The number of hydrogen-bond acceptors (Lipinski definition) is 2. The van der Waals surface area contributed by atoms with Gasteiger partial charge in [0.25, 0.3) is 0 Å². The molecule has 3 N–H and O–H groups in total. The van der Waals surface area contributed by atoms with Crippen LogP contribution >= 0.6 is 0 Å². The van der Waals surface area contributed by atoms with Crippen molar-refractivity contribution in [1.29, 1.82) is 0 Å². The fraction of sp³-hybridized carbons (Fsp3) is 1.00.